The van der Waals surface area contributed by atoms with Gasteiger partial charge in [0.05, 0.1) is 12.6 Å². The molecule has 0 saturated carbocycles. The van der Waals surface area contributed by atoms with E-state index in [1.807, 2.05) is 6.07 Å². The molecule has 20 heavy (non-hydrogen) atoms. The van der Waals surface area contributed by atoms with Crippen molar-refractivity contribution in [3.05, 3.63) is 33.8 Å². The number of halogens is 2. The SMILES string of the molecule is CC1CCN(C(=O)CCc2ccc(Cl)cc2Cl)C1CO. The van der Waals surface area contributed by atoms with Crippen molar-refractivity contribution >= 4 is 29.1 Å². The van der Waals surface area contributed by atoms with Crippen molar-refractivity contribution < 1.29 is 9.90 Å². The highest BCUT2D eigenvalue weighted by atomic mass is 35.5. The molecule has 1 aromatic carbocycles. The Morgan fingerprint density at radius 1 is 1.45 bits per heavy atom. The lowest BCUT2D eigenvalue weighted by molar-refractivity contribution is -0.133. The van der Waals surface area contributed by atoms with E-state index >= 15 is 0 Å². The lowest BCUT2D eigenvalue weighted by Crippen LogP contribution is -2.39. The number of carbonyl (C=O) groups is 1. The van der Waals surface area contributed by atoms with Crippen molar-refractivity contribution in [2.75, 3.05) is 13.2 Å². The fourth-order valence-electron chi connectivity index (χ4n) is 2.71. The van der Waals surface area contributed by atoms with Gasteiger partial charge in [-0.15, -0.1) is 0 Å². The van der Waals surface area contributed by atoms with E-state index in [0.717, 1.165) is 18.5 Å². The summed E-state index contributed by atoms with van der Waals surface area (Å²) in [7, 11) is 0. The molecule has 110 valence electrons. The van der Waals surface area contributed by atoms with Crippen LogP contribution in [-0.4, -0.2) is 35.1 Å². The molecule has 0 radical (unpaired) electrons. The molecule has 0 aromatic heterocycles. The van der Waals surface area contributed by atoms with E-state index in [9.17, 15) is 9.90 Å². The zero-order valence-corrected chi connectivity index (χ0v) is 13.0. The Labute approximate surface area is 129 Å². The van der Waals surface area contributed by atoms with Crippen molar-refractivity contribution in [2.24, 2.45) is 5.92 Å². The monoisotopic (exact) mass is 315 g/mol. The molecular formula is C15H19Cl2NO2. The van der Waals surface area contributed by atoms with Gasteiger partial charge < -0.3 is 10.0 Å². The standard InChI is InChI=1S/C15H19Cl2NO2/c1-10-6-7-18(14(10)9-19)15(20)5-3-11-2-4-12(16)8-13(11)17/h2,4,8,10,14,19H,3,5-7,9H2,1H3. The largest absolute Gasteiger partial charge is 0.394 e. The van der Waals surface area contributed by atoms with Gasteiger partial charge in [0.25, 0.3) is 0 Å². The second-order valence-electron chi connectivity index (χ2n) is 5.34. The minimum atomic E-state index is -0.0387. The number of benzene rings is 1. The van der Waals surface area contributed by atoms with Crippen LogP contribution in [0, 0.1) is 5.92 Å². The highest BCUT2D eigenvalue weighted by molar-refractivity contribution is 6.35. The van der Waals surface area contributed by atoms with Gasteiger partial charge in [0.1, 0.15) is 0 Å². The number of hydrogen-bond acceptors (Lipinski definition) is 2. The summed E-state index contributed by atoms with van der Waals surface area (Å²) in [6, 6.07) is 5.29. The molecular weight excluding hydrogens is 297 g/mol. The lowest BCUT2D eigenvalue weighted by atomic mass is 10.0. The van der Waals surface area contributed by atoms with E-state index in [0.29, 0.717) is 28.8 Å². The number of aliphatic hydroxyl groups is 1. The maximum atomic E-state index is 12.3. The Balaban J connectivity index is 1.95. The van der Waals surface area contributed by atoms with E-state index in [2.05, 4.69) is 6.92 Å². The van der Waals surface area contributed by atoms with Gasteiger partial charge in [-0.25, -0.2) is 0 Å². The summed E-state index contributed by atoms with van der Waals surface area (Å²) in [5, 5.41) is 10.6. The molecule has 1 aliphatic rings. The highest BCUT2D eigenvalue weighted by Crippen LogP contribution is 2.26. The molecule has 0 bridgehead atoms. The molecule has 0 aliphatic carbocycles. The number of aryl methyl sites for hydroxylation is 1. The predicted octanol–water partition coefficient (Wildman–Crippen LogP) is 3.16. The van der Waals surface area contributed by atoms with Gasteiger partial charge in [-0.2, -0.15) is 0 Å². The molecule has 2 rings (SSSR count). The van der Waals surface area contributed by atoms with Crippen LogP contribution in [-0.2, 0) is 11.2 Å². The Hall–Kier alpha value is -0.770. The zero-order chi connectivity index (χ0) is 14.7. The van der Waals surface area contributed by atoms with Crippen LogP contribution in [0.2, 0.25) is 10.0 Å². The number of amides is 1. The van der Waals surface area contributed by atoms with Crippen LogP contribution < -0.4 is 0 Å². The lowest BCUT2D eigenvalue weighted by Gasteiger charge is -2.25. The van der Waals surface area contributed by atoms with Crippen molar-refractivity contribution in [3.63, 3.8) is 0 Å². The van der Waals surface area contributed by atoms with Gasteiger partial charge in [0.15, 0.2) is 0 Å². The van der Waals surface area contributed by atoms with E-state index in [-0.39, 0.29) is 18.6 Å². The fraction of sp³-hybridized carbons (Fsp3) is 0.533. The van der Waals surface area contributed by atoms with Crippen LogP contribution in [0.3, 0.4) is 0 Å². The maximum Gasteiger partial charge on any atom is 0.223 e. The number of rotatable bonds is 4. The van der Waals surface area contributed by atoms with Crippen molar-refractivity contribution in [1.82, 2.24) is 4.90 Å². The van der Waals surface area contributed by atoms with Crippen LogP contribution in [0.25, 0.3) is 0 Å². The predicted molar refractivity (Wildman–Crippen MR) is 81.2 cm³/mol. The first kappa shape index (κ1) is 15.6. The summed E-state index contributed by atoms with van der Waals surface area (Å²) in [5.41, 5.74) is 0.928. The summed E-state index contributed by atoms with van der Waals surface area (Å²) in [4.78, 5) is 14.1. The Morgan fingerprint density at radius 2 is 2.20 bits per heavy atom. The molecule has 0 spiro atoms. The first-order valence-electron chi connectivity index (χ1n) is 6.87. The van der Waals surface area contributed by atoms with Gasteiger partial charge in [0, 0.05) is 23.0 Å². The summed E-state index contributed by atoms with van der Waals surface area (Å²) in [5.74, 6) is 0.447. The van der Waals surface area contributed by atoms with Crippen molar-refractivity contribution in [3.8, 4) is 0 Å². The molecule has 1 aromatic rings. The molecule has 1 fully saturated rings. The number of nitrogens with zero attached hydrogens (tertiary/aromatic N) is 1. The Kier molecular flexibility index (Phi) is 5.30. The third kappa shape index (κ3) is 3.46. The summed E-state index contributed by atoms with van der Waals surface area (Å²) >= 11 is 12.0. The second-order valence-corrected chi connectivity index (χ2v) is 6.18. The minimum absolute atomic E-state index is 0.0363. The van der Waals surface area contributed by atoms with Crippen LogP contribution in [0.15, 0.2) is 18.2 Å². The third-order valence-electron chi connectivity index (χ3n) is 4.01. The average Bonchev–Trinajstić information content (AvgIpc) is 2.78. The third-order valence-corrected chi connectivity index (χ3v) is 4.60. The molecule has 3 nitrogen and oxygen atoms in total. The summed E-state index contributed by atoms with van der Waals surface area (Å²) in [6.45, 7) is 2.85. The molecule has 1 N–H and O–H groups in total. The van der Waals surface area contributed by atoms with Crippen molar-refractivity contribution in [1.29, 1.82) is 0 Å². The van der Waals surface area contributed by atoms with E-state index in [1.165, 1.54) is 0 Å². The molecule has 1 amide bonds. The van der Waals surface area contributed by atoms with E-state index in [4.69, 9.17) is 23.2 Å². The van der Waals surface area contributed by atoms with Crippen LogP contribution in [0.4, 0.5) is 0 Å². The summed E-state index contributed by atoms with van der Waals surface area (Å²) < 4.78 is 0. The molecule has 5 heteroatoms. The van der Waals surface area contributed by atoms with Gasteiger partial charge >= 0.3 is 0 Å². The van der Waals surface area contributed by atoms with E-state index in [1.54, 1.807) is 17.0 Å². The Bertz CT molecular complexity index is 493. The minimum Gasteiger partial charge on any atom is -0.394 e. The first-order valence-corrected chi connectivity index (χ1v) is 7.62. The molecule has 1 heterocycles. The van der Waals surface area contributed by atoms with Crippen LogP contribution in [0.1, 0.15) is 25.3 Å². The maximum absolute atomic E-state index is 12.3. The second kappa shape index (κ2) is 6.79. The molecule has 1 aliphatic heterocycles. The first-order chi connectivity index (χ1) is 9.52. The number of carbonyl (C=O) groups excluding carboxylic acids is 1. The normalized spacial score (nSPS) is 22.3. The van der Waals surface area contributed by atoms with Crippen LogP contribution >= 0.6 is 23.2 Å². The van der Waals surface area contributed by atoms with Crippen LogP contribution in [0.5, 0.6) is 0 Å². The van der Waals surface area contributed by atoms with Gasteiger partial charge in [0.2, 0.25) is 5.91 Å². The number of hydrogen-bond donors (Lipinski definition) is 1. The zero-order valence-electron chi connectivity index (χ0n) is 11.5. The topological polar surface area (TPSA) is 40.5 Å². The van der Waals surface area contributed by atoms with Gasteiger partial charge in [-0.3, -0.25) is 4.79 Å². The molecule has 2 atom stereocenters. The van der Waals surface area contributed by atoms with Gasteiger partial charge in [-0.1, -0.05) is 36.2 Å². The number of likely N-dealkylation sites (tertiary alicyclic amines) is 1. The fourth-order valence-corrected chi connectivity index (χ4v) is 3.21. The molecule has 2 unspecified atom stereocenters. The smallest absolute Gasteiger partial charge is 0.223 e. The highest BCUT2D eigenvalue weighted by Gasteiger charge is 2.33. The Morgan fingerprint density at radius 3 is 2.85 bits per heavy atom. The quantitative estimate of drug-likeness (QED) is 0.927. The number of aliphatic hydroxyl groups excluding tert-OH is 1. The van der Waals surface area contributed by atoms with Gasteiger partial charge in [-0.05, 0) is 36.5 Å². The summed E-state index contributed by atoms with van der Waals surface area (Å²) in [6.07, 6.45) is 1.96. The van der Waals surface area contributed by atoms with E-state index < -0.39 is 0 Å². The van der Waals surface area contributed by atoms with Crippen molar-refractivity contribution in [2.45, 2.75) is 32.2 Å². The average molecular weight is 316 g/mol. The molecule has 1 saturated heterocycles.